The fourth-order valence-corrected chi connectivity index (χ4v) is 1.68. The lowest BCUT2D eigenvalue weighted by Crippen LogP contribution is -2.18. The molecular weight excluding hydrogens is 218 g/mol. The number of hydrogen-bond acceptors (Lipinski definition) is 5. The number of nitrogens with zero attached hydrogens (tertiary/aromatic N) is 4. The molecule has 0 fully saturated rings. The van der Waals surface area contributed by atoms with Crippen LogP contribution in [0, 0.1) is 13.8 Å². The summed E-state index contributed by atoms with van der Waals surface area (Å²) >= 11 is 0. The first-order chi connectivity index (χ1) is 8.15. The van der Waals surface area contributed by atoms with E-state index in [1.807, 2.05) is 25.6 Å². The van der Waals surface area contributed by atoms with Gasteiger partial charge in [-0.2, -0.15) is 10.1 Å². The van der Waals surface area contributed by atoms with E-state index in [0.717, 1.165) is 25.2 Å². The van der Waals surface area contributed by atoms with Crippen molar-refractivity contribution in [3.05, 3.63) is 29.2 Å². The van der Waals surface area contributed by atoms with Crippen LogP contribution in [0.1, 0.15) is 23.1 Å². The summed E-state index contributed by atoms with van der Waals surface area (Å²) in [6.07, 6.45) is 0.748. The Labute approximate surface area is 100 Å². The average molecular weight is 235 g/mol. The van der Waals surface area contributed by atoms with Gasteiger partial charge in [-0.15, -0.1) is 0 Å². The van der Waals surface area contributed by atoms with E-state index in [1.54, 1.807) is 0 Å². The Morgan fingerprint density at radius 3 is 2.82 bits per heavy atom. The standard InChI is InChI=1S/C11H17N5O/c1-8-6-10(16(3)14-8)7-12-5-4-11-13-9(2)15-17-11/h6,12H,4-5,7H2,1-3H3. The maximum absolute atomic E-state index is 5.03. The van der Waals surface area contributed by atoms with Gasteiger partial charge in [0, 0.05) is 26.6 Å². The lowest BCUT2D eigenvalue weighted by molar-refractivity contribution is 0.372. The van der Waals surface area contributed by atoms with Gasteiger partial charge < -0.3 is 9.84 Å². The maximum atomic E-state index is 5.03. The number of rotatable bonds is 5. The van der Waals surface area contributed by atoms with Gasteiger partial charge in [-0.25, -0.2) is 0 Å². The Hall–Kier alpha value is -1.69. The van der Waals surface area contributed by atoms with Crippen molar-refractivity contribution in [1.29, 1.82) is 0 Å². The van der Waals surface area contributed by atoms with Crippen molar-refractivity contribution in [2.45, 2.75) is 26.8 Å². The van der Waals surface area contributed by atoms with Crippen molar-refractivity contribution in [2.75, 3.05) is 6.54 Å². The zero-order valence-electron chi connectivity index (χ0n) is 10.4. The normalized spacial score (nSPS) is 11.0. The summed E-state index contributed by atoms with van der Waals surface area (Å²) in [6, 6.07) is 2.07. The first kappa shape index (κ1) is 11.8. The Kier molecular flexibility index (Phi) is 3.53. The van der Waals surface area contributed by atoms with E-state index < -0.39 is 0 Å². The predicted molar refractivity (Wildman–Crippen MR) is 62.4 cm³/mol. The molecule has 0 saturated carbocycles. The van der Waals surface area contributed by atoms with Crippen molar-refractivity contribution in [3.8, 4) is 0 Å². The second-order valence-electron chi connectivity index (χ2n) is 4.06. The number of aryl methyl sites for hydroxylation is 3. The Bertz CT molecular complexity index is 488. The second-order valence-corrected chi connectivity index (χ2v) is 4.06. The van der Waals surface area contributed by atoms with Crippen molar-refractivity contribution < 1.29 is 4.52 Å². The molecule has 2 rings (SSSR count). The van der Waals surface area contributed by atoms with Crippen LogP contribution >= 0.6 is 0 Å². The molecule has 0 aliphatic rings. The first-order valence-electron chi connectivity index (χ1n) is 5.64. The van der Waals surface area contributed by atoms with Crippen LogP contribution in [-0.2, 0) is 20.0 Å². The van der Waals surface area contributed by atoms with E-state index >= 15 is 0 Å². The van der Waals surface area contributed by atoms with Gasteiger partial charge in [0.05, 0.1) is 11.4 Å². The summed E-state index contributed by atoms with van der Waals surface area (Å²) in [5.74, 6) is 1.36. The largest absolute Gasteiger partial charge is 0.339 e. The lowest BCUT2D eigenvalue weighted by atomic mass is 10.3. The van der Waals surface area contributed by atoms with Gasteiger partial charge in [0.25, 0.3) is 0 Å². The molecule has 2 heterocycles. The second kappa shape index (κ2) is 5.09. The van der Waals surface area contributed by atoms with E-state index in [2.05, 4.69) is 26.6 Å². The van der Waals surface area contributed by atoms with E-state index in [-0.39, 0.29) is 0 Å². The average Bonchev–Trinajstić information content (AvgIpc) is 2.81. The van der Waals surface area contributed by atoms with Crippen molar-refractivity contribution >= 4 is 0 Å². The molecule has 0 atom stereocenters. The van der Waals surface area contributed by atoms with Gasteiger partial charge in [0.1, 0.15) is 0 Å². The van der Waals surface area contributed by atoms with E-state index in [0.29, 0.717) is 11.7 Å². The first-order valence-corrected chi connectivity index (χ1v) is 5.64. The van der Waals surface area contributed by atoms with Gasteiger partial charge in [0.15, 0.2) is 5.82 Å². The van der Waals surface area contributed by atoms with Crippen molar-refractivity contribution in [3.63, 3.8) is 0 Å². The minimum atomic E-state index is 0.677. The highest BCUT2D eigenvalue weighted by Gasteiger charge is 2.03. The van der Waals surface area contributed by atoms with E-state index in [4.69, 9.17) is 4.52 Å². The van der Waals surface area contributed by atoms with Crippen LogP contribution < -0.4 is 5.32 Å². The summed E-state index contributed by atoms with van der Waals surface area (Å²) in [4.78, 5) is 4.14. The number of nitrogens with one attached hydrogen (secondary N) is 1. The third-order valence-corrected chi connectivity index (χ3v) is 2.49. The van der Waals surface area contributed by atoms with E-state index in [1.165, 1.54) is 5.69 Å². The lowest BCUT2D eigenvalue weighted by Gasteiger charge is -2.02. The molecule has 6 heteroatoms. The molecule has 0 amide bonds. The summed E-state index contributed by atoms with van der Waals surface area (Å²) in [6.45, 7) is 5.42. The molecule has 0 unspecified atom stereocenters. The molecule has 2 aromatic heterocycles. The Morgan fingerprint density at radius 1 is 1.41 bits per heavy atom. The van der Waals surface area contributed by atoms with Crippen molar-refractivity contribution in [1.82, 2.24) is 25.2 Å². The highest BCUT2D eigenvalue weighted by molar-refractivity contribution is 5.08. The Morgan fingerprint density at radius 2 is 2.24 bits per heavy atom. The minimum Gasteiger partial charge on any atom is -0.339 e. The molecule has 0 aliphatic carbocycles. The van der Waals surface area contributed by atoms with Gasteiger partial charge in [-0.05, 0) is 19.9 Å². The number of aromatic nitrogens is 4. The minimum absolute atomic E-state index is 0.677. The van der Waals surface area contributed by atoms with E-state index in [9.17, 15) is 0 Å². The third-order valence-electron chi connectivity index (χ3n) is 2.49. The van der Waals surface area contributed by atoms with Gasteiger partial charge in [0.2, 0.25) is 5.89 Å². The molecule has 0 aromatic carbocycles. The van der Waals surface area contributed by atoms with Crippen LogP contribution in [-0.4, -0.2) is 26.5 Å². The van der Waals surface area contributed by atoms with Gasteiger partial charge >= 0.3 is 0 Å². The monoisotopic (exact) mass is 235 g/mol. The fourth-order valence-electron chi connectivity index (χ4n) is 1.68. The Balaban J connectivity index is 1.75. The molecule has 92 valence electrons. The molecule has 0 saturated heterocycles. The van der Waals surface area contributed by atoms with Crippen LogP contribution in [0.3, 0.4) is 0 Å². The molecule has 1 N–H and O–H groups in total. The molecule has 17 heavy (non-hydrogen) atoms. The highest BCUT2D eigenvalue weighted by atomic mass is 16.5. The molecular formula is C11H17N5O. The molecule has 0 spiro atoms. The van der Waals surface area contributed by atoms with Crippen LogP contribution in [0.25, 0.3) is 0 Å². The topological polar surface area (TPSA) is 68.8 Å². The SMILES string of the molecule is Cc1cc(CNCCc2nc(C)no2)n(C)n1. The van der Waals surface area contributed by atoms with Crippen LogP contribution in [0.2, 0.25) is 0 Å². The van der Waals surface area contributed by atoms with Crippen molar-refractivity contribution in [2.24, 2.45) is 7.05 Å². The fraction of sp³-hybridized carbons (Fsp3) is 0.545. The summed E-state index contributed by atoms with van der Waals surface area (Å²) in [5, 5.41) is 11.4. The van der Waals surface area contributed by atoms with Gasteiger partial charge in [-0.3, -0.25) is 4.68 Å². The molecule has 0 bridgehead atoms. The number of hydrogen-bond donors (Lipinski definition) is 1. The summed E-state index contributed by atoms with van der Waals surface area (Å²) in [7, 11) is 1.95. The zero-order valence-corrected chi connectivity index (χ0v) is 10.4. The third kappa shape index (κ3) is 3.13. The van der Waals surface area contributed by atoms with Gasteiger partial charge in [-0.1, -0.05) is 5.16 Å². The molecule has 0 aliphatic heterocycles. The van der Waals surface area contributed by atoms with Crippen LogP contribution in [0.15, 0.2) is 10.6 Å². The molecule has 6 nitrogen and oxygen atoms in total. The highest BCUT2D eigenvalue weighted by Crippen LogP contribution is 2.01. The summed E-state index contributed by atoms with van der Waals surface area (Å²) in [5.41, 5.74) is 2.21. The molecule has 2 aromatic rings. The van der Waals surface area contributed by atoms with Crippen LogP contribution in [0.5, 0.6) is 0 Å². The smallest absolute Gasteiger partial charge is 0.227 e. The molecule has 0 radical (unpaired) electrons. The maximum Gasteiger partial charge on any atom is 0.227 e. The predicted octanol–water partition coefficient (Wildman–Crippen LogP) is 0.752. The summed E-state index contributed by atoms with van der Waals surface area (Å²) < 4.78 is 6.91. The quantitative estimate of drug-likeness (QED) is 0.775. The zero-order chi connectivity index (χ0) is 12.3. The van der Waals surface area contributed by atoms with Crippen LogP contribution in [0.4, 0.5) is 0 Å².